The number of piperidine rings is 1. The summed E-state index contributed by atoms with van der Waals surface area (Å²) in [4.78, 5) is 27.0. The molecular formula is C17H24N2O3. The maximum Gasteiger partial charge on any atom is 0.332 e. The Bertz CT molecular complexity index is 532. The molecule has 1 saturated heterocycles. The fourth-order valence-electron chi connectivity index (χ4n) is 3.25. The van der Waals surface area contributed by atoms with Gasteiger partial charge in [0, 0.05) is 24.6 Å². The second kappa shape index (κ2) is 6.92. The number of hydrogen-bond donors (Lipinski definition) is 1. The highest BCUT2D eigenvalue weighted by atomic mass is 16.5. The Kier molecular flexibility index (Phi) is 5.19. The highest BCUT2D eigenvalue weighted by molar-refractivity contribution is 6.02. The predicted octanol–water partition coefficient (Wildman–Crippen LogP) is 1.97. The van der Waals surface area contributed by atoms with E-state index in [1.807, 2.05) is 44.2 Å². The number of anilines is 1. The van der Waals surface area contributed by atoms with Crippen LogP contribution >= 0.6 is 0 Å². The molecule has 1 aromatic rings. The van der Waals surface area contributed by atoms with E-state index in [0.717, 1.165) is 5.69 Å². The van der Waals surface area contributed by atoms with Gasteiger partial charge in [-0.2, -0.15) is 0 Å². The lowest BCUT2D eigenvalue weighted by atomic mass is 9.77. The molecule has 5 heteroatoms. The van der Waals surface area contributed by atoms with E-state index in [0.29, 0.717) is 25.9 Å². The molecule has 0 unspecified atom stereocenters. The van der Waals surface area contributed by atoms with Crippen molar-refractivity contribution in [1.82, 2.24) is 5.32 Å². The molecule has 1 N–H and O–H groups in total. The average molecular weight is 304 g/mol. The Labute approximate surface area is 131 Å². The summed E-state index contributed by atoms with van der Waals surface area (Å²) in [5.41, 5.74) is -0.206. The van der Waals surface area contributed by atoms with Gasteiger partial charge in [-0.05, 0) is 25.1 Å². The summed E-state index contributed by atoms with van der Waals surface area (Å²) in [6, 6.07) is 9.39. The van der Waals surface area contributed by atoms with E-state index in [1.165, 1.54) is 7.11 Å². The van der Waals surface area contributed by atoms with Crippen molar-refractivity contribution >= 4 is 17.6 Å². The largest absolute Gasteiger partial charge is 0.467 e. The van der Waals surface area contributed by atoms with Crippen LogP contribution in [-0.4, -0.2) is 37.6 Å². The van der Waals surface area contributed by atoms with Gasteiger partial charge in [0.2, 0.25) is 5.91 Å². The van der Waals surface area contributed by atoms with Crippen LogP contribution in [0.5, 0.6) is 0 Å². The number of carbonyl (C=O) groups is 2. The van der Waals surface area contributed by atoms with Crippen LogP contribution in [0.3, 0.4) is 0 Å². The third kappa shape index (κ3) is 2.73. The van der Waals surface area contributed by atoms with E-state index in [2.05, 4.69) is 5.32 Å². The minimum absolute atomic E-state index is 0.0376. The number of nitrogens with zero attached hydrogens (tertiary/aromatic N) is 1. The normalized spacial score (nSPS) is 24.6. The van der Waals surface area contributed by atoms with Crippen molar-refractivity contribution in [3.05, 3.63) is 30.3 Å². The average Bonchev–Trinajstić information content (AvgIpc) is 2.56. The number of esters is 1. The fourth-order valence-corrected chi connectivity index (χ4v) is 3.25. The number of para-hydroxylation sites is 1. The van der Waals surface area contributed by atoms with Crippen LogP contribution < -0.4 is 10.2 Å². The number of carbonyl (C=O) groups excluding carboxylic acids is 2. The van der Waals surface area contributed by atoms with Crippen molar-refractivity contribution in [3.63, 3.8) is 0 Å². The van der Waals surface area contributed by atoms with Gasteiger partial charge in [-0.3, -0.25) is 9.69 Å². The zero-order valence-corrected chi connectivity index (χ0v) is 13.5. The molecule has 2 rings (SSSR count). The molecule has 1 aliphatic rings. The smallest absolute Gasteiger partial charge is 0.332 e. The predicted molar refractivity (Wildman–Crippen MR) is 85.6 cm³/mol. The van der Waals surface area contributed by atoms with Crippen molar-refractivity contribution < 1.29 is 14.3 Å². The molecule has 22 heavy (non-hydrogen) atoms. The second-order valence-corrected chi connectivity index (χ2v) is 5.69. The van der Waals surface area contributed by atoms with Crippen molar-refractivity contribution in [2.45, 2.75) is 32.2 Å². The number of hydrogen-bond acceptors (Lipinski definition) is 4. The van der Waals surface area contributed by atoms with Gasteiger partial charge in [0.05, 0.1) is 7.11 Å². The Hall–Kier alpha value is -1.88. The molecule has 0 saturated carbocycles. The van der Waals surface area contributed by atoms with E-state index >= 15 is 0 Å². The monoisotopic (exact) mass is 304 g/mol. The Balaban J connectivity index is 2.58. The maximum absolute atomic E-state index is 12.7. The SMILES string of the molecule is CCC(=O)N(c1ccccc1)[C@]1(C(=O)OC)CCNC[C@H]1C. The Morgan fingerprint density at radius 1 is 1.36 bits per heavy atom. The molecule has 120 valence electrons. The third-order valence-corrected chi connectivity index (χ3v) is 4.45. The van der Waals surface area contributed by atoms with Gasteiger partial charge in [0.25, 0.3) is 0 Å². The lowest BCUT2D eigenvalue weighted by Crippen LogP contribution is -2.66. The summed E-state index contributed by atoms with van der Waals surface area (Å²) in [7, 11) is 1.39. The van der Waals surface area contributed by atoms with E-state index in [1.54, 1.807) is 4.90 Å². The van der Waals surface area contributed by atoms with Crippen molar-refractivity contribution in [1.29, 1.82) is 0 Å². The molecule has 1 heterocycles. The number of methoxy groups -OCH3 is 1. The number of nitrogens with one attached hydrogen (secondary N) is 1. The summed E-state index contributed by atoms with van der Waals surface area (Å²) in [6.07, 6.45) is 0.884. The summed E-state index contributed by atoms with van der Waals surface area (Å²) in [6.45, 7) is 5.16. The Morgan fingerprint density at radius 3 is 2.59 bits per heavy atom. The molecule has 1 amide bonds. The topological polar surface area (TPSA) is 58.6 Å². The van der Waals surface area contributed by atoms with Crippen molar-refractivity contribution in [2.75, 3.05) is 25.1 Å². The van der Waals surface area contributed by atoms with Gasteiger partial charge in [-0.1, -0.05) is 32.0 Å². The quantitative estimate of drug-likeness (QED) is 0.864. The molecule has 0 radical (unpaired) electrons. The number of benzene rings is 1. The highest BCUT2D eigenvalue weighted by Gasteiger charge is 2.52. The van der Waals surface area contributed by atoms with Gasteiger partial charge in [0.1, 0.15) is 5.54 Å². The number of ether oxygens (including phenoxy) is 1. The van der Waals surface area contributed by atoms with Crippen molar-refractivity contribution in [3.8, 4) is 0 Å². The molecule has 0 aromatic heterocycles. The molecule has 0 aliphatic carbocycles. The minimum atomic E-state index is -0.950. The van der Waals surface area contributed by atoms with Crippen LogP contribution in [0.4, 0.5) is 5.69 Å². The molecule has 1 fully saturated rings. The third-order valence-electron chi connectivity index (χ3n) is 4.45. The lowest BCUT2D eigenvalue weighted by Gasteiger charge is -2.48. The first-order chi connectivity index (χ1) is 10.6. The molecule has 0 bridgehead atoms. The van der Waals surface area contributed by atoms with Gasteiger partial charge in [-0.15, -0.1) is 0 Å². The van der Waals surface area contributed by atoms with Crippen LogP contribution in [0.15, 0.2) is 30.3 Å². The Morgan fingerprint density at radius 2 is 2.05 bits per heavy atom. The second-order valence-electron chi connectivity index (χ2n) is 5.69. The van der Waals surface area contributed by atoms with Gasteiger partial charge in [0.15, 0.2) is 0 Å². The fraction of sp³-hybridized carbons (Fsp3) is 0.529. The van der Waals surface area contributed by atoms with Crippen LogP contribution in [0.2, 0.25) is 0 Å². The lowest BCUT2D eigenvalue weighted by molar-refractivity contribution is -0.152. The first kappa shape index (κ1) is 16.5. The van der Waals surface area contributed by atoms with Crippen molar-refractivity contribution in [2.24, 2.45) is 5.92 Å². The van der Waals surface area contributed by atoms with Crippen LogP contribution in [0.1, 0.15) is 26.7 Å². The summed E-state index contributed by atoms with van der Waals surface area (Å²) < 4.78 is 5.10. The first-order valence-corrected chi connectivity index (χ1v) is 7.75. The standard InChI is InChI=1S/C17H24N2O3/c1-4-15(20)19(14-8-6-5-7-9-14)17(16(21)22-3)10-11-18-12-13(17)2/h5-9,13,18H,4,10-12H2,1-3H3/t13-,17-/m1/s1. The summed E-state index contributed by atoms with van der Waals surface area (Å²) in [5.74, 6) is -0.443. The van der Waals surface area contributed by atoms with E-state index in [-0.39, 0.29) is 17.8 Å². The minimum Gasteiger partial charge on any atom is -0.467 e. The zero-order chi connectivity index (χ0) is 16.2. The first-order valence-electron chi connectivity index (χ1n) is 7.75. The molecule has 1 aliphatic heterocycles. The van der Waals surface area contributed by atoms with Gasteiger partial charge in [-0.25, -0.2) is 4.79 Å². The maximum atomic E-state index is 12.7. The molecule has 2 atom stereocenters. The molecule has 5 nitrogen and oxygen atoms in total. The molecular weight excluding hydrogens is 280 g/mol. The van der Waals surface area contributed by atoms with Gasteiger partial charge >= 0.3 is 5.97 Å². The number of amides is 1. The molecule has 0 spiro atoms. The number of rotatable bonds is 4. The van der Waals surface area contributed by atoms with Crippen LogP contribution in [-0.2, 0) is 14.3 Å². The molecule has 1 aromatic carbocycles. The van der Waals surface area contributed by atoms with E-state index in [4.69, 9.17) is 4.74 Å². The summed E-state index contributed by atoms with van der Waals surface area (Å²) >= 11 is 0. The zero-order valence-electron chi connectivity index (χ0n) is 13.5. The van der Waals surface area contributed by atoms with Crippen LogP contribution in [0, 0.1) is 5.92 Å². The summed E-state index contributed by atoms with van der Waals surface area (Å²) in [5, 5.41) is 3.29. The van der Waals surface area contributed by atoms with E-state index < -0.39 is 5.54 Å². The van der Waals surface area contributed by atoms with E-state index in [9.17, 15) is 9.59 Å². The van der Waals surface area contributed by atoms with Gasteiger partial charge < -0.3 is 10.1 Å². The van der Waals surface area contributed by atoms with Crippen LogP contribution in [0.25, 0.3) is 0 Å². The highest BCUT2D eigenvalue weighted by Crippen LogP contribution is 2.36.